The van der Waals surface area contributed by atoms with Gasteiger partial charge in [0.25, 0.3) is 0 Å². The molecule has 2 rings (SSSR count). The Kier molecular flexibility index (Phi) is 4.25. The Labute approximate surface area is 110 Å². The van der Waals surface area contributed by atoms with E-state index in [4.69, 9.17) is 0 Å². The van der Waals surface area contributed by atoms with Crippen LogP contribution >= 0.6 is 0 Å². The summed E-state index contributed by atoms with van der Waals surface area (Å²) in [6, 6.07) is 6.50. The summed E-state index contributed by atoms with van der Waals surface area (Å²) in [5.74, 6) is 0.424. The molecule has 0 saturated carbocycles. The first-order valence-electron chi connectivity index (χ1n) is 6.73. The molecular formula is C15H24N2O. The van der Waals surface area contributed by atoms with E-state index in [-0.39, 0.29) is 0 Å². The maximum Gasteiger partial charge on any atom is 0.120 e. The first kappa shape index (κ1) is 13.4. The molecule has 1 N–H and O–H groups in total. The topological polar surface area (TPSA) is 26.7 Å². The molecule has 3 nitrogen and oxygen atoms in total. The zero-order chi connectivity index (χ0) is 13.1. The largest absolute Gasteiger partial charge is 0.508 e. The predicted molar refractivity (Wildman–Crippen MR) is 74.8 cm³/mol. The van der Waals surface area contributed by atoms with Crippen LogP contribution in [0.3, 0.4) is 0 Å². The van der Waals surface area contributed by atoms with Gasteiger partial charge in [-0.1, -0.05) is 17.7 Å². The van der Waals surface area contributed by atoms with Crippen LogP contribution in [0.4, 0.5) is 0 Å². The number of hydrogen-bond acceptors (Lipinski definition) is 3. The molecule has 0 amide bonds. The number of phenols is 1. The molecule has 0 spiro atoms. The number of piperidine rings is 1. The normalized spacial score (nSPS) is 21.4. The Morgan fingerprint density at radius 2 is 2.17 bits per heavy atom. The molecule has 1 aromatic carbocycles. The van der Waals surface area contributed by atoms with Gasteiger partial charge in [0.2, 0.25) is 0 Å². The van der Waals surface area contributed by atoms with E-state index in [1.165, 1.54) is 18.4 Å². The fourth-order valence-corrected chi connectivity index (χ4v) is 2.68. The van der Waals surface area contributed by atoms with Crippen molar-refractivity contribution in [3.05, 3.63) is 29.3 Å². The van der Waals surface area contributed by atoms with E-state index in [0.717, 1.165) is 25.2 Å². The Morgan fingerprint density at radius 3 is 2.89 bits per heavy atom. The predicted octanol–water partition coefficient (Wildman–Crippen LogP) is 2.23. The lowest BCUT2D eigenvalue weighted by atomic mass is 10.0. The number of likely N-dealkylation sites (tertiary alicyclic amines) is 1. The second-order valence-electron chi connectivity index (χ2n) is 5.63. The average Bonchev–Trinajstić information content (AvgIpc) is 2.34. The van der Waals surface area contributed by atoms with E-state index in [0.29, 0.717) is 11.8 Å². The molecule has 0 radical (unpaired) electrons. The summed E-state index contributed by atoms with van der Waals surface area (Å²) in [4.78, 5) is 4.75. The van der Waals surface area contributed by atoms with E-state index >= 15 is 0 Å². The Hall–Kier alpha value is -1.06. The van der Waals surface area contributed by atoms with E-state index in [1.54, 1.807) is 6.07 Å². The molecule has 1 aliphatic heterocycles. The van der Waals surface area contributed by atoms with Gasteiger partial charge < -0.3 is 10.0 Å². The molecule has 1 saturated heterocycles. The Balaban J connectivity index is 2.02. The van der Waals surface area contributed by atoms with Gasteiger partial charge in [-0.2, -0.15) is 0 Å². The minimum absolute atomic E-state index is 0.424. The third-order valence-electron chi connectivity index (χ3n) is 3.84. The van der Waals surface area contributed by atoms with Crippen molar-refractivity contribution in [1.29, 1.82) is 0 Å². The number of aromatic hydroxyl groups is 1. The minimum Gasteiger partial charge on any atom is -0.508 e. The highest BCUT2D eigenvalue weighted by Crippen LogP contribution is 2.22. The van der Waals surface area contributed by atoms with Crippen LogP contribution in [0, 0.1) is 6.92 Å². The number of likely N-dealkylation sites (N-methyl/N-ethyl adjacent to an activating group) is 1. The van der Waals surface area contributed by atoms with E-state index in [1.807, 2.05) is 6.07 Å². The highest BCUT2D eigenvalue weighted by molar-refractivity contribution is 5.35. The summed E-state index contributed by atoms with van der Waals surface area (Å²) < 4.78 is 0. The number of hydrogen-bond donors (Lipinski definition) is 1. The molecule has 0 aliphatic carbocycles. The lowest BCUT2D eigenvalue weighted by Gasteiger charge is -2.36. The van der Waals surface area contributed by atoms with Crippen LogP contribution in [0.15, 0.2) is 18.2 Å². The van der Waals surface area contributed by atoms with Crippen molar-refractivity contribution in [2.75, 3.05) is 27.2 Å². The lowest BCUT2D eigenvalue weighted by Crippen LogP contribution is -2.44. The lowest BCUT2D eigenvalue weighted by molar-refractivity contribution is 0.127. The van der Waals surface area contributed by atoms with Gasteiger partial charge in [-0.05, 0) is 46.5 Å². The highest BCUT2D eigenvalue weighted by atomic mass is 16.3. The first-order valence-corrected chi connectivity index (χ1v) is 6.73. The number of rotatable bonds is 3. The van der Waals surface area contributed by atoms with E-state index in [2.05, 4.69) is 36.9 Å². The van der Waals surface area contributed by atoms with Crippen molar-refractivity contribution in [2.45, 2.75) is 32.4 Å². The summed E-state index contributed by atoms with van der Waals surface area (Å²) in [6.45, 7) is 5.16. The molecule has 3 heteroatoms. The van der Waals surface area contributed by atoms with Gasteiger partial charge in [0.05, 0.1) is 0 Å². The maximum atomic E-state index is 9.90. The van der Waals surface area contributed by atoms with Crippen molar-refractivity contribution in [1.82, 2.24) is 9.80 Å². The van der Waals surface area contributed by atoms with Crippen molar-refractivity contribution < 1.29 is 5.11 Å². The summed E-state index contributed by atoms with van der Waals surface area (Å²) in [7, 11) is 4.30. The number of aryl methyl sites for hydroxylation is 1. The van der Waals surface area contributed by atoms with Gasteiger partial charge in [-0.15, -0.1) is 0 Å². The van der Waals surface area contributed by atoms with E-state index in [9.17, 15) is 5.11 Å². The molecule has 1 atom stereocenters. The van der Waals surface area contributed by atoms with Gasteiger partial charge in [-0.25, -0.2) is 0 Å². The first-order chi connectivity index (χ1) is 8.56. The minimum atomic E-state index is 0.424. The van der Waals surface area contributed by atoms with Crippen LogP contribution in [-0.2, 0) is 6.54 Å². The van der Waals surface area contributed by atoms with Crippen LogP contribution in [0.1, 0.15) is 24.0 Å². The molecule has 18 heavy (non-hydrogen) atoms. The third kappa shape index (κ3) is 3.24. The van der Waals surface area contributed by atoms with Crippen LogP contribution in [0.25, 0.3) is 0 Å². The average molecular weight is 248 g/mol. The monoisotopic (exact) mass is 248 g/mol. The van der Waals surface area contributed by atoms with E-state index < -0.39 is 0 Å². The number of phenolic OH excluding ortho intramolecular Hbond substituents is 1. The van der Waals surface area contributed by atoms with Crippen LogP contribution in [-0.4, -0.2) is 48.1 Å². The zero-order valence-electron chi connectivity index (χ0n) is 11.7. The molecule has 1 fully saturated rings. The van der Waals surface area contributed by atoms with Crippen LogP contribution in [0.2, 0.25) is 0 Å². The Morgan fingerprint density at radius 1 is 1.39 bits per heavy atom. The summed E-state index contributed by atoms with van der Waals surface area (Å²) in [5.41, 5.74) is 2.26. The van der Waals surface area contributed by atoms with Crippen molar-refractivity contribution in [2.24, 2.45) is 0 Å². The fraction of sp³-hybridized carbons (Fsp3) is 0.600. The van der Waals surface area contributed by atoms with Crippen molar-refractivity contribution in [3.8, 4) is 5.75 Å². The molecule has 100 valence electrons. The SMILES string of the molecule is Cc1ccc(O)c(CN2CCCC(N(C)C)C2)c1. The quantitative estimate of drug-likeness (QED) is 0.888. The van der Waals surface area contributed by atoms with Crippen molar-refractivity contribution >= 4 is 0 Å². The standard InChI is InChI=1S/C15H24N2O/c1-12-6-7-15(18)13(9-12)10-17-8-4-5-14(11-17)16(2)3/h6-7,9,14,18H,4-5,8,10-11H2,1-3H3. The molecule has 1 unspecified atom stereocenters. The second kappa shape index (κ2) is 5.72. The van der Waals surface area contributed by atoms with Gasteiger partial charge >= 0.3 is 0 Å². The maximum absolute atomic E-state index is 9.90. The smallest absolute Gasteiger partial charge is 0.120 e. The molecule has 1 heterocycles. The molecular weight excluding hydrogens is 224 g/mol. The second-order valence-corrected chi connectivity index (χ2v) is 5.63. The Bertz CT molecular complexity index is 403. The van der Waals surface area contributed by atoms with Gasteiger partial charge in [-0.3, -0.25) is 4.90 Å². The van der Waals surface area contributed by atoms with Gasteiger partial charge in [0, 0.05) is 24.7 Å². The molecule has 0 aromatic heterocycles. The summed E-state index contributed by atoms with van der Waals surface area (Å²) in [5, 5.41) is 9.90. The third-order valence-corrected chi connectivity index (χ3v) is 3.84. The number of benzene rings is 1. The summed E-state index contributed by atoms with van der Waals surface area (Å²) >= 11 is 0. The van der Waals surface area contributed by atoms with Gasteiger partial charge in [0.15, 0.2) is 0 Å². The highest BCUT2D eigenvalue weighted by Gasteiger charge is 2.21. The summed E-state index contributed by atoms with van der Waals surface area (Å²) in [6.07, 6.45) is 2.53. The molecule has 1 aliphatic rings. The zero-order valence-corrected chi connectivity index (χ0v) is 11.7. The van der Waals surface area contributed by atoms with Crippen molar-refractivity contribution in [3.63, 3.8) is 0 Å². The fourth-order valence-electron chi connectivity index (χ4n) is 2.68. The van der Waals surface area contributed by atoms with Crippen LogP contribution in [0.5, 0.6) is 5.75 Å². The number of nitrogens with zero attached hydrogens (tertiary/aromatic N) is 2. The molecule has 0 bridgehead atoms. The van der Waals surface area contributed by atoms with Crippen LogP contribution < -0.4 is 0 Å². The van der Waals surface area contributed by atoms with Gasteiger partial charge in [0.1, 0.15) is 5.75 Å². The molecule has 1 aromatic rings.